The Balaban J connectivity index is 3.58. The van der Waals surface area contributed by atoms with Gasteiger partial charge in [-0.15, -0.1) is 0 Å². The van der Waals surface area contributed by atoms with Crippen LogP contribution in [-0.4, -0.2) is 48.3 Å². The van der Waals surface area contributed by atoms with Gasteiger partial charge in [0.05, 0.1) is 38.1 Å². The predicted molar refractivity (Wildman–Crippen MR) is 63.4 cm³/mol. The molecule has 0 amide bonds. The van der Waals surface area contributed by atoms with Gasteiger partial charge in [-0.05, 0) is 19.3 Å². The maximum atomic E-state index is 9.35. The molecule has 4 heteroatoms. The maximum absolute atomic E-state index is 9.35. The van der Waals surface area contributed by atoms with Crippen LogP contribution in [0.5, 0.6) is 0 Å². The smallest absolute Gasteiger partial charge is 0.0807 e. The van der Waals surface area contributed by atoms with Crippen LogP contribution in [0.1, 0.15) is 40.0 Å². The highest BCUT2D eigenvalue weighted by Crippen LogP contribution is 2.02. The number of hydrogen-bond donors (Lipinski definition) is 2. The van der Waals surface area contributed by atoms with E-state index in [1.807, 2.05) is 20.8 Å². The summed E-state index contributed by atoms with van der Waals surface area (Å²) >= 11 is 0. The first-order chi connectivity index (χ1) is 7.63. The lowest BCUT2D eigenvalue weighted by Gasteiger charge is -2.19. The molecule has 3 atom stereocenters. The van der Waals surface area contributed by atoms with Crippen molar-refractivity contribution in [3.8, 4) is 0 Å². The van der Waals surface area contributed by atoms with Crippen molar-refractivity contribution in [2.24, 2.45) is 0 Å². The Morgan fingerprint density at radius 2 is 1.38 bits per heavy atom. The fraction of sp³-hybridized carbons (Fsp3) is 1.00. The van der Waals surface area contributed by atoms with Crippen LogP contribution >= 0.6 is 0 Å². The molecule has 0 aromatic carbocycles. The summed E-state index contributed by atoms with van der Waals surface area (Å²) < 4.78 is 10.9. The molecule has 0 spiro atoms. The first-order valence-electron chi connectivity index (χ1n) is 6.19. The third-order valence-electron chi connectivity index (χ3n) is 2.54. The van der Waals surface area contributed by atoms with E-state index in [1.165, 1.54) is 0 Å². The van der Waals surface area contributed by atoms with E-state index >= 15 is 0 Å². The second-order valence-corrected chi connectivity index (χ2v) is 4.03. The van der Waals surface area contributed by atoms with Crippen LogP contribution in [0.15, 0.2) is 0 Å². The molecule has 0 aromatic rings. The molecule has 16 heavy (non-hydrogen) atoms. The van der Waals surface area contributed by atoms with Gasteiger partial charge in [0.1, 0.15) is 0 Å². The van der Waals surface area contributed by atoms with Gasteiger partial charge < -0.3 is 19.7 Å². The highest BCUT2D eigenvalue weighted by Gasteiger charge is 2.10. The van der Waals surface area contributed by atoms with Crippen molar-refractivity contribution in [3.05, 3.63) is 0 Å². The van der Waals surface area contributed by atoms with Crippen molar-refractivity contribution >= 4 is 0 Å². The van der Waals surface area contributed by atoms with Gasteiger partial charge in [-0.25, -0.2) is 0 Å². The molecular weight excluding hydrogens is 208 g/mol. The van der Waals surface area contributed by atoms with Crippen LogP contribution in [0.4, 0.5) is 0 Å². The third kappa shape index (κ3) is 8.05. The lowest BCUT2D eigenvalue weighted by molar-refractivity contribution is -0.0630. The predicted octanol–water partition coefficient (Wildman–Crippen LogP) is 1.34. The fourth-order valence-electron chi connectivity index (χ4n) is 1.10. The van der Waals surface area contributed by atoms with Gasteiger partial charge in [-0.2, -0.15) is 0 Å². The van der Waals surface area contributed by atoms with Gasteiger partial charge in [0, 0.05) is 0 Å². The van der Waals surface area contributed by atoms with E-state index in [9.17, 15) is 10.2 Å². The summed E-state index contributed by atoms with van der Waals surface area (Å²) in [5.41, 5.74) is 0. The van der Waals surface area contributed by atoms with Crippen molar-refractivity contribution < 1.29 is 19.7 Å². The third-order valence-corrected chi connectivity index (χ3v) is 2.54. The SMILES string of the molecule is CCC(O)COCC(CC)OCC(O)CC. The fourth-order valence-corrected chi connectivity index (χ4v) is 1.10. The van der Waals surface area contributed by atoms with Gasteiger partial charge in [-0.1, -0.05) is 20.8 Å². The number of rotatable bonds is 10. The minimum absolute atomic E-state index is 0.00487. The lowest BCUT2D eigenvalue weighted by atomic mass is 10.2. The van der Waals surface area contributed by atoms with Gasteiger partial charge in [0.25, 0.3) is 0 Å². The Morgan fingerprint density at radius 1 is 0.812 bits per heavy atom. The van der Waals surface area contributed by atoms with Crippen molar-refractivity contribution in [1.29, 1.82) is 0 Å². The van der Waals surface area contributed by atoms with E-state index in [4.69, 9.17) is 9.47 Å². The summed E-state index contributed by atoms with van der Waals surface area (Å²) in [6, 6.07) is 0. The average molecular weight is 234 g/mol. The number of ether oxygens (including phenoxy) is 2. The van der Waals surface area contributed by atoms with Crippen LogP contribution in [0, 0.1) is 0 Å². The summed E-state index contributed by atoms with van der Waals surface area (Å²) in [5.74, 6) is 0. The van der Waals surface area contributed by atoms with Crippen LogP contribution in [-0.2, 0) is 9.47 Å². The van der Waals surface area contributed by atoms with Gasteiger partial charge in [0.15, 0.2) is 0 Å². The molecule has 0 saturated carbocycles. The van der Waals surface area contributed by atoms with Crippen molar-refractivity contribution in [2.45, 2.75) is 58.3 Å². The molecular formula is C12H26O4. The molecule has 0 fully saturated rings. The first kappa shape index (κ1) is 15.8. The zero-order chi connectivity index (χ0) is 12.4. The van der Waals surface area contributed by atoms with Crippen LogP contribution in [0.3, 0.4) is 0 Å². The number of hydrogen-bond acceptors (Lipinski definition) is 4. The number of aliphatic hydroxyl groups is 2. The lowest BCUT2D eigenvalue weighted by Crippen LogP contribution is -2.26. The van der Waals surface area contributed by atoms with E-state index in [0.29, 0.717) is 32.7 Å². The van der Waals surface area contributed by atoms with Gasteiger partial charge >= 0.3 is 0 Å². The number of aliphatic hydroxyl groups excluding tert-OH is 2. The maximum Gasteiger partial charge on any atom is 0.0807 e. The zero-order valence-corrected chi connectivity index (χ0v) is 10.7. The van der Waals surface area contributed by atoms with E-state index in [-0.39, 0.29) is 6.10 Å². The molecule has 0 aliphatic rings. The zero-order valence-electron chi connectivity index (χ0n) is 10.7. The van der Waals surface area contributed by atoms with Gasteiger partial charge in [-0.3, -0.25) is 0 Å². The van der Waals surface area contributed by atoms with Crippen molar-refractivity contribution in [1.82, 2.24) is 0 Å². The summed E-state index contributed by atoms with van der Waals surface area (Å²) in [5, 5.41) is 18.6. The minimum atomic E-state index is -0.393. The first-order valence-corrected chi connectivity index (χ1v) is 6.19. The molecule has 0 radical (unpaired) electrons. The Hall–Kier alpha value is -0.160. The molecule has 0 aliphatic carbocycles. The molecule has 0 bridgehead atoms. The quantitative estimate of drug-likeness (QED) is 0.599. The monoisotopic (exact) mass is 234 g/mol. The van der Waals surface area contributed by atoms with Gasteiger partial charge in [0.2, 0.25) is 0 Å². The molecule has 0 aliphatic heterocycles. The van der Waals surface area contributed by atoms with E-state index in [0.717, 1.165) is 6.42 Å². The summed E-state index contributed by atoms with van der Waals surface area (Å²) in [6.07, 6.45) is 1.47. The van der Waals surface area contributed by atoms with E-state index in [1.54, 1.807) is 0 Å². The van der Waals surface area contributed by atoms with E-state index < -0.39 is 12.2 Å². The molecule has 0 heterocycles. The Labute approximate surface area is 98.6 Å². The second kappa shape index (κ2) is 10.0. The van der Waals surface area contributed by atoms with Crippen LogP contribution in [0.2, 0.25) is 0 Å². The largest absolute Gasteiger partial charge is 0.391 e. The van der Waals surface area contributed by atoms with Crippen LogP contribution in [0.25, 0.3) is 0 Å². The summed E-state index contributed by atoms with van der Waals surface area (Å²) in [7, 11) is 0. The molecule has 2 N–H and O–H groups in total. The summed E-state index contributed by atoms with van der Waals surface area (Å²) in [4.78, 5) is 0. The molecule has 0 rings (SSSR count). The standard InChI is InChI=1S/C12H26O4/c1-4-10(13)7-15-9-12(6-3)16-8-11(14)5-2/h10-14H,4-9H2,1-3H3. The molecule has 3 unspecified atom stereocenters. The average Bonchev–Trinajstić information content (AvgIpc) is 2.32. The topological polar surface area (TPSA) is 58.9 Å². The highest BCUT2D eigenvalue weighted by molar-refractivity contribution is 4.58. The van der Waals surface area contributed by atoms with Crippen molar-refractivity contribution in [2.75, 3.05) is 19.8 Å². The minimum Gasteiger partial charge on any atom is -0.391 e. The van der Waals surface area contributed by atoms with Crippen LogP contribution < -0.4 is 0 Å². The highest BCUT2D eigenvalue weighted by atomic mass is 16.5. The Bertz CT molecular complexity index is 152. The second-order valence-electron chi connectivity index (χ2n) is 4.03. The molecule has 4 nitrogen and oxygen atoms in total. The van der Waals surface area contributed by atoms with Crippen molar-refractivity contribution in [3.63, 3.8) is 0 Å². The molecule has 0 aromatic heterocycles. The molecule has 98 valence electrons. The van der Waals surface area contributed by atoms with E-state index in [2.05, 4.69) is 0 Å². The normalized spacial score (nSPS) is 17.1. The molecule has 0 saturated heterocycles. The Kier molecular flexibility index (Phi) is 9.92. The Morgan fingerprint density at radius 3 is 1.88 bits per heavy atom. The summed E-state index contributed by atoms with van der Waals surface area (Å²) in [6.45, 7) is 7.04.